The van der Waals surface area contributed by atoms with E-state index in [1.165, 1.54) is 0 Å². The van der Waals surface area contributed by atoms with Crippen LogP contribution in [0.2, 0.25) is 0 Å². The van der Waals surface area contributed by atoms with Crippen molar-refractivity contribution in [2.45, 2.75) is 13.2 Å². The lowest BCUT2D eigenvalue weighted by molar-refractivity contribution is 0.186. The topological polar surface area (TPSA) is 48.1 Å². The van der Waals surface area contributed by atoms with Gasteiger partial charge in [0.25, 0.3) is 0 Å². The van der Waals surface area contributed by atoms with Crippen LogP contribution in [0, 0.1) is 4.77 Å². The molecule has 0 fully saturated rings. The summed E-state index contributed by atoms with van der Waals surface area (Å²) in [5.41, 5.74) is 1.000. The fourth-order valence-electron chi connectivity index (χ4n) is 1.90. The van der Waals surface area contributed by atoms with E-state index in [1.54, 1.807) is 19.5 Å². The van der Waals surface area contributed by atoms with Crippen LogP contribution >= 0.6 is 12.2 Å². The van der Waals surface area contributed by atoms with Gasteiger partial charge >= 0.3 is 0 Å². The molecule has 2 rings (SSSR count). The molecule has 2 aromatic heterocycles. The Labute approximate surface area is 123 Å². The van der Waals surface area contributed by atoms with Crippen LogP contribution in [0.25, 0.3) is 11.4 Å². The highest BCUT2D eigenvalue weighted by atomic mass is 32.1. The van der Waals surface area contributed by atoms with Gasteiger partial charge in [-0.15, -0.1) is 0 Å². The van der Waals surface area contributed by atoms with Gasteiger partial charge in [0.15, 0.2) is 10.6 Å². The highest BCUT2D eigenvalue weighted by molar-refractivity contribution is 7.71. The quantitative estimate of drug-likeness (QED) is 0.758. The number of aromatic nitrogens is 4. The summed E-state index contributed by atoms with van der Waals surface area (Å²) >= 11 is 5.51. The first kappa shape index (κ1) is 14.8. The van der Waals surface area contributed by atoms with E-state index in [-0.39, 0.29) is 0 Å². The molecule has 0 saturated heterocycles. The zero-order valence-electron chi connectivity index (χ0n) is 12.0. The van der Waals surface area contributed by atoms with Crippen LogP contribution in [0.4, 0.5) is 0 Å². The smallest absolute Gasteiger partial charge is 0.199 e. The van der Waals surface area contributed by atoms with Crippen LogP contribution in [0.1, 0.15) is 0 Å². The molecular formula is C13H19N5OS. The average Bonchev–Trinajstić information content (AvgIpc) is 2.74. The van der Waals surface area contributed by atoms with Crippen molar-refractivity contribution in [2.75, 3.05) is 27.8 Å². The Bertz CT molecular complexity index is 605. The second kappa shape index (κ2) is 6.74. The van der Waals surface area contributed by atoms with Gasteiger partial charge in [0.05, 0.1) is 19.8 Å². The number of rotatable bonds is 6. The van der Waals surface area contributed by atoms with Crippen LogP contribution in [0.5, 0.6) is 0 Å². The highest BCUT2D eigenvalue weighted by Crippen LogP contribution is 2.17. The van der Waals surface area contributed by atoms with E-state index in [2.05, 4.69) is 10.1 Å². The van der Waals surface area contributed by atoms with Crippen molar-refractivity contribution in [2.24, 2.45) is 0 Å². The van der Waals surface area contributed by atoms with Gasteiger partial charge in [-0.05, 0) is 38.4 Å². The molecule has 0 aromatic carbocycles. The van der Waals surface area contributed by atoms with E-state index in [4.69, 9.17) is 17.0 Å². The van der Waals surface area contributed by atoms with E-state index in [0.717, 1.165) is 11.4 Å². The third-order valence-corrected chi connectivity index (χ3v) is 3.23. The van der Waals surface area contributed by atoms with E-state index in [9.17, 15) is 0 Å². The molecule has 0 atom stereocenters. The molecule has 0 aliphatic heterocycles. The summed E-state index contributed by atoms with van der Waals surface area (Å²) in [6.07, 6.45) is 3.51. The minimum Gasteiger partial charge on any atom is -0.383 e. The molecule has 0 saturated carbocycles. The Kier molecular flexibility index (Phi) is 4.99. The Balaban J connectivity index is 2.46. The molecule has 0 amide bonds. The van der Waals surface area contributed by atoms with Crippen molar-refractivity contribution in [3.63, 3.8) is 0 Å². The standard InChI is InChI=1S/C13H19N5OS/c1-16(2)10-18-13(20)17(8-9-19-3)12(15-18)11-4-6-14-7-5-11/h4-7H,8-10H2,1-3H3. The molecule has 2 heterocycles. The summed E-state index contributed by atoms with van der Waals surface area (Å²) in [5, 5.41) is 4.62. The first-order chi connectivity index (χ1) is 9.63. The van der Waals surface area contributed by atoms with E-state index in [1.807, 2.05) is 40.4 Å². The maximum absolute atomic E-state index is 5.51. The molecule has 0 spiro atoms. The molecule has 20 heavy (non-hydrogen) atoms. The van der Waals surface area contributed by atoms with Crippen LogP contribution in [0.15, 0.2) is 24.5 Å². The van der Waals surface area contributed by atoms with Gasteiger partial charge in [-0.2, -0.15) is 5.10 Å². The molecular weight excluding hydrogens is 274 g/mol. The van der Waals surface area contributed by atoms with E-state index in [0.29, 0.717) is 24.6 Å². The van der Waals surface area contributed by atoms with E-state index >= 15 is 0 Å². The summed E-state index contributed by atoms with van der Waals surface area (Å²) in [4.78, 5) is 6.07. The number of hydrogen-bond donors (Lipinski definition) is 0. The lowest BCUT2D eigenvalue weighted by Crippen LogP contribution is -2.18. The molecule has 0 N–H and O–H groups in total. The van der Waals surface area contributed by atoms with Crippen LogP contribution in [0.3, 0.4) is 0 Å². The number of pyridine rings is 1. The summed E-state index contributed by atoms with van der Waals surface area (Å²) in [6, 6.07) is 3.86. The number of hydrogen-bond acceptors (Lipinski definition) is 5. The number of methoxy groups -OCH3 is 1. The van der Waals surface area contributed by atoms with Crippen LogP contribution in [-0.4, -0.2) is 52.0 Å². The number of ether oxygens (including phenoxy) is 1. The maximum Gasteiger partial charge on any atom is 0.199 e. The number of nitrogens with zero attached hydrogens (tertiary/aromatic N) is 5. The molecule has 0 radical (unpaired) electrons. The molecule has 0 aliphatic rings. The molecule has 108 valence electrons. The van der Waals surface area contributed by atoms with Crippen molar-refractivity contribution >= 4 is 12.2 Å². The lowest BCUT2D eigenvalue weighted by atomic mass is 10.2. The molecule has 0 unspecified atom stereocenters. The van der Waals surface area contributed by atoms with Gasteiger partial charge in [0.2, 0.25) is 0 Å². The maximum atomic E-state index is 5.51. The van der Waals surface area contributed by atoms with E-state index < -0.39 is 0 Å². The third kappa shape index (κ3) is 3.30. The fraction of sp³-hybridized carbons (Fsp3) is 0.462. The van der Waals surface area contributed by atoms with Gasteiger partial charge in [-0.25, -0.2) is 4.68 Å². The predicted molar refractivity (Wildman–Crippen MR) is 79.8 cm³/mol. The second-order valence-corrected chi connectivity index (χ2v) is 5.07. The van der Waals surface area contributed by atoms with Gasteiger partial charge < -0.3 is 4.74 Å². The van der Waals surface area contributed by atoms with Crippen molar-refractivity contribution in [3.8, 4) is 11.4 Å². The van der Waals surface area contributed by atoms with Crippen molar-refractivity contribution in [3.05, 3.63) is 29.3 Å². The lowest BCUT2D eigenvalue weighted by Gasteiger charge is -2.08. The summed E-state index contributed by atoms with van der Waals surface area (Å²) in [6.45, 7) is 1.93. The van der Waals surface area contributed by atoms with Gasteiger partial charge in [0.1, 0.15) is 0 Å². The largest absolute Gasteiger partial charge is 0.383 e. The van der Waals surface area contributed by atoms with Crippen molar-refractivity contribution in [1.82, 2.24) is 24.2 Å². The van der Waals surface area contributed by atoms with Crippen molar-refractivity contribution < 1.29 is 4.74 Å². The van der Waals surface area contributed by atoms with Gasteiger partial charge in [-0.1, -0.05) is 0 Å². The SMILES string of the molecule is COCCn1c(-c2ccncc2)nn(CN(C)C)c1=S. The Hall–Kier alpha value is -1.57. The molecule has 7 heteroatoms. The Morgan fingerprint density at radius 3 is 2.60 bits per heavy atom. The zero-order chi connectivity index (χ0) is 14.5. The summed E-state index contributed by atoms with van der Waals surface area (Å²) in [7, 11) is 5.66. The first-order valence-electron chi connectivity index (χ1n) is 6.35. The van der Waals surface area contributed by atoms with Crippen molar-refractivity contribution in [1.29, 1.82) is 0 Å². The fourth-order valence-corrected chi connectivity index (χ4v) is 2.18. The minimum absolute atomic E-state index is 0.597. The van der Waals surface area contributed by atoms with Crippen LogP contribution in [-0.2, 0) is 18.0 Å². The molecule has 2 aromatic rings. The van der Waals surface area contributed by atoms with Gasteiger partial charge in [0, 0.05) is 25.1 Å². The summed E-state index contributed by atoms with van der Waals surface area (Å²) in [5.74, 6) is 0.844. The highest BCUT2D eigenvalue weighted by Gasteiger charge is 2.12. The second-order valence-electron chi connectivity index (χ2n) is 4.71. The Morgan fingerprint density at radius 2 is 2.00 bits per heavy atom. The molecule has 0 bridgehead atoms. The molecule has 6 nitrogen and oxygen atoms in total. The zero-order valence-corrected chi connectivity index (χ0v) is 12.8. The van der Waals surface area contributed by atoms with Gasteiger partial charge in [-0.3, -0.25) is 14.5 Å². The third-order valence-electron chi connectivity index (χ3n) is 2.80. The minimum atomic E-state index is 0.597. The average molecular weight is 293 g/mol. The monoisotopic (exact) mass is 293 g/mol. The normalized spacial score (nSPS) is 11.2. The molecule has 0 aliphatic carbocycles. The van der Waals surface area contributed by atoms with Crippen LogP contribution < -0.4 is 0 Å². The Morgan fingerprint density at radius 1 is 1.30 bits per heavy atom. The predicted octanol–water partition coefficient (Wildman–Crippen LogP) is 1.64. The summed E-state index contributed by atoms with van der Waals surface area (Å²) < 4.78 is 9.67. The first-order valence-corrected chi connectivity index (χ1v) is 6.76.